The van der Waals surface area contributed by atoms with Gasteiger partial charge >= 0.3 is 23.9 Å². The Hall–Kier alpha value is -1.54. The molecule has 0 amide bonds. The number of alkyl halides is 11. The molecule has 0 aliphatic heterocycles. The minimum absolute atomic E-state index is 3.11. The molecule has 0 aromatic heterocycles. The Morgan fingerprint density at radius 3 is 1.04 bits per heavy atom. The molecule has 0 heterocycles. The zero-order valence-electron chi connectivity index (χ0n) is 11.5. The lowest BCUT2D eigenvalue weighted by Gasteiger charge is -2.38. The highest BCUT2D eigenvalue weighted by Gasteiger charge is 2.87. The van der Waals surface area contributed by atoms with Gasteiger partial charge in [-0.15, -0.1) is 0 Å². The van der Waals surface area contributed by atoms with Crippen LogP contribution < -0.4 is 0 Å². The fraction of sp³-hybridized carbons (Fsp3) is 0.455. The quantitative estimate of drug-likeness (QED) is 0.220. The van der Waals surface area contributed by atoms with Crippen LogP contribution in [0, 0.1) is 29.1 Å². The minimum atomic E-state index is -7.84. The van der Waals surface area contributed by atoms with Crippen molar-refractivity contribution in [1.82, 2.24) is 0 Å². The second kappa shape index (κ2) is 6.24. The summed E-state index contributed by atoms with van der Waals surface area (Å²) in [6.45, 7) is 0. The lowest BCUT2D eigenvalue weighted by molar-refractivity contribution is -0.407. The molecule has 0 aliphatic rings. The number of hydrogen-bond acceptors (Lipinski definition) is 0. The largest absolute Gasteiger partial charge is 0.460 e. The van der Waals surface area contributed by atoms with Gasteiger partial charge in [-0.1, -0.05) is 11.6 Å². The van der Waals surface area contributed by atoms with E-state index in [0.717, 1.165) is 0 Å². The Bertz CT molecular complexity index is 718. The van der Waals surface area contributed by atoms with E-state index in [1.165, 1.54) is 0 Å². The number of hydrogen-bond donors (Lipinski definition) is 0. The van der Waals surface area contributed by atoms with E-state index in [1.54, 1.807) is 0 Å². The van der Waals surface area contributed by atoms with Crippen molar-refractivity contribution in [3.05, 3.63) is 34.6 Å². The highest BCUT2D eigenvalue weighted by molar-refractivity contribution is 6.23. The molecule has 0 nitrogen and oxygen atoms in total. The Morgan fingerprint density at radius 1 is 0.444 bits per heavy atom. The smallest absolute Gasteiger partial charge is 0.214 e. The number of benzene rings is 1. The fourth-order valence-corrected chi connectivity index (χ4v) is 1.89. The van der Waals surface area contributed by atoms with Crippen LogP contribution in [0.2, 0.25) is 0 Å². The van der Waals surface area contributed by atoms with Crippen molar-refractivity contribution in [1.29, 1.82) is 0 Å². The predicted octanol–water partition coefficient (Wildman–Crippen LogP) is 6.21. The highest BCUT2D eigenvalue weighted by Crippen LogP contribution is 2.61. The summed E-state index contributed by atoms with van der Waals surface area (Å²) in [6.07, 6.45) is -7.46. The summed E-state index contributed by atoms with van der Waals surface area (Å²) < 4.78 is 194. The van der Waals surface area contributed by atoms with E-state index in [0.29, 0.717) is 0 Å². The molecule has 1 aromatic carbocycles. The van der Waals surface area contributed by atoms with E-state index < -0.39 is 63.7 Å². The van der Waals surface area contributed by atoms with Gasteiger partial charge in [0, 0.05) is 0 Å². The van der Waals surface area contributed by atoms with Crippen molar-refractivity contribution < 1.29 is 65.9 Å². The second-order valence-electron chi connectivity index (χ2n) is 4.74. The zero-order chi connectivity index (χ0) is 22.0. The number of halogens is 16. The van der Waals surface area contributed by atoms with Gasteiger partial charge in [0.05, 0.1) is 5.56 Å². The molecule has 0 bridgehead atoms. The maximum atomic E-state index is 13.9. The first kappa shape index (κ1) is 23.5. The molecule has 156 valence electrons. The lowest BCUT2D eigenvalue weighted by atomic mass is 9.93. The first-order chi connectivity index (χ1) is 11.7. The molecule has 0 aliphatic carbocycles. The fourth-order valence-electron chi connectivity index (χ4n) is 1.61. The van der Waals surface area contributed by atoms with Gasteiger partial charge in [-0.3, -0.25) is 0 Å². The first-order valence-electron chi connectivity index (χ1n) is 5.77. The first-order valence-corrected chi connectivity index (χ1v) is 6.15. The Balaban J connectivity index is 3.84. The molecule has 0 fully saturated rings. The van der Waals surface area contributed by atoms with E-state index in [1.807, 2.05) is 0 Å². The zero-order valence-corrected chi connectivity index (χ0v) is 12.3. The summed E-state index contributed by atoms with van der Waals surface area (Å²) in [5.41, 5.74) is -3.59. The van der Waals surface area contributed by atoms with Crippen molar-refractivity contribution in [3.63, 3.8) is 0 Å². The van der Waals surface area contributed by atoms with Crippen LogP contribution in [0.4, 0.5) is 65.9 Å². The predicted molar refractivity (Wildman–Crippen MR) is 55.8 cm³/mol. The molecular formula is C11ClF15. The van der Waals surface area contributed by atoms with Gasteiger partial charge in [-0.2, -0.15) is 39.5 Å². The van der Waals surface area contributed by atoms with E-state index in [-0.39, 0.29) is 0 Å². The van der Waals surface area contributed by atoms with Crippen molar-refractivity contribution in [2.75, 3.05) is 0 Å². The molecule has 0 radical (unpaired) electrons. The van der Waals surface area contributed by atoms with Crippen LogP contribution >= 0.6 is 11.6 Å². The van der Waals surface area contributed by atoms with Crippen LogP contribution in [0.15, 0.2) is 0 Å². The summed E-state index contributed by atoms with van der Waals surface area (Å²) in [5.74, 6) is -39.9. The molecule has 27 heavy (non-hydrogen) atoms. The van der Waals surface area contributed by atoms with Crippen LogP contribution in [-0.2, 0) is 5.13 Å². The van der Waals surface area contributed by atoms with E-state index in [4.69, 9.17) is 0 Å². The molecule has 1 unspecified atom stereocenters. The normalized spacial score (nSPS) is 16.4. The SMILES string of the molecule is Fc1c(F)c(F)c(C(F)(Cl)C(F)(F)C(F)(F)C(F)(F)C(F)(F)F)c(F)c1F. The Kier molecular flexibility index (Phi) is 5.43. The average molecular weight is 453 g/mol. The van der Waals surface area contributed by atoms with Crippen LogP contribution in [0.25, 0.3) is 0 Å². The van der Waals surface area contributed by atoms with Crippen LogP contribution in [-0.4, -0.2) is 23.9 Å². The van der Waals surface area contributed by atoms with Crippen molar-refractivity contribution in [2.24, 2.45) is 0 Å². The van der Waals surface area contributed by atoms with Crippen LogP contribution in [0.1, 0.15) is 5.56 Å². The van der Waals surface area contributed by atoms with E-state index in [2.05, 4.69) is 11.6 Å². The third-order valence-electron chi connectivity index (χ3n) is 3.06. The molecule has 0 saturated carbocycles. The summed E-state index contributed by atoms with van der Waals surface area (Å²) in [7, 11) is 0. The van der Waals surface area contributed by atoms with Gasteiger partial charge in [0.25, 0.3) is 5.13 Å². The molecule has 0 saturated heterocycles. The maximum Gasteiger partial charge on any atom is 0.460 e. The van der Waals surface area contributed by atoms with Gasteiger partial charge < -0.3 is 0 Å². The topological polar surface area (TPSA) is 0 Å². The highest BCUT2D eigenvalue weighted by atomic mass is 35.5. The second-order valence-corrected chi connectivity index (χ2v) is 5.26. The lowest BCUT2D eigenvalue weighted by Crippen LogP contribution is -2.65. The van der Waals surface area contributed by atoms with Crippen LogP contribution in [0.5, 0.6) is 0 Å². The molecule has 0 N–H and O–H groups in total. The summed E-state index contributed by atoms with van der Waals surface area (Å²) >= 11 is 4.07. The Morgan fingerprint density at radius 2 is 0.741 bits per heavy atom. The minimum Gasteiger partial charge on any atom is -0.214 e. The van der Waals surface area contributed by atoms with Gasteiger partial charge in [-0.05, 0) is 0 Å². The van der Waals surface area contributed by atoms with Gasteiger partial charge in [-0.25, -0.2) is 26.3 Å². The third-order valence-corrected chi connectivity index (χ3v) is 3.49. The van der Waals surface area contributed by atoms with Gasteiger partial charge in [0.15, 0.2) is 23.3 Å². The summed E-state index contributed by atoms with van der Waals surface area (Å²) in [5, 5.41) is -6.44. The number of rotatable bonds is 4. The molecule has 0 spiro atoms. The van der Waals surface area contributed by atoms with Crippen molar-refractivity contribution >= 4 is 11.6 Å². The van der Waals surface area contributed by atoms with Crippen LogP contribution in [0.3, 0.4) is 0 Å². The van der Waals surface area contributed by atoms with Crippen molar-refractivity contribution in [3.8, 4) is 0 Å². The molecule has 1 rings (SSSR count). The Labute approximate surface area is 142 Å². The standard InChI is InChI=1S/C11ClF15/c12-7(18,1-2(13)4(15)6(17)5(16)3(1)14)8(19,20)9(21,22)10(23,24)11(25,26)27. The molecular weight excluding hydrogens is 453 g/mol. The molecule has 1 atom stereocenters. The maximum absolute atomic E-state index is 13.9. The summed E-state index contributed by atoms with van der Waals surface area (Å²) in [6, 6.07) is 0. The monoisotopic (exact) mass is 452 g/mol. The molecule has 16 heteroatoms. The van der Waals surface area contributed by atoms with E-state index >= 15 is 0 Å². The summed E-state index contributed by atoms with van der Waals surface area (Å²) in [4.78, 5) is 0. The molecule has 1 aromatic rings. The average Bonchev–Trinajstić information content (AvgIpc) is 2.49. The van der Waals surface area contributed by atoms with E-state index in [9.17, 15) is 65.9 Å². The van der Waals surface area contributed by atoms with Gasteiger partial charge in [0.2, 0.25) is 5.82 Å². The van der Waals surface area contributed by atoms with Gasteiger partial charge in [0.1, 0.15) is 0 Å². The van der Waals surface area contributed by atoms with Crippen molar-refractivity contribution in [2.45, 2.75) is 29.1 Å². The third kappa shape index (κ3) is 2.97.